The van der Waals surface area contributed by atoms with Crippen LogP contribution in [-0.4, -0.2) is 54.3 Å². The lowest BCUT2D eigenvalue weighted by Gasteiger charge is -2.22. The number of carbonyl (C=O) groups excluding carboxylic acids is 3. The molecule has 0 spiro atoms. The Kier molecular flexibility index (Phi) is 10.3. The van der Waals surface area contributed by atoms with E-state index in [1.54, 1.807) is 30.1 Å². The van der Waals surface area contributed by atoms with Crippen molar-refractivity contribution >= 4 is 46.7 Å². The van der Waals surface area contributed by atoms with Gasteiger partial charge in [0.15, 0.2) is 0 Å². The van der Waals surface area contributed by atoms with Gasteiger partial charge in [-0.1, -0.05) is 60.5 Å². The number of urea groups is 1. The normalized spacial score (nSPS) is 10.4. The van der Waals surface area contributed by atoms with Crippen LogP contribution in [0.2, 0.25) is 10.0 Å². The minimum absolute atomic E-state index is 0.0934. The molecule has 2 aromatic rings. The standard InChI is InChI=1S/C23H28Cl2N4O3/c1-3-13-29(16-21(30)27-20-14-18(24)9-10-19(20)25)22(31)11-12-26-23(32)28(2)15-17-7-5-4-6-8-17/h4-10,14H,3,11-13,15-16H2,1-2H3,(H,26,32)(H,27,30). The van der Waals surface area contributed by atoms with E-state index in [1.165, 1.54) is 4.90 Å². The topological polar surface area (TPSA) is 81.8 Å². The van der Waals surface area contributed by atoms with E-state index in [2.05, 4.69) is 10.6 Å². The molecule has 0 aliphatic carbocycles. The largest absolute Gasteiger partial charge is 0.337 e. The summed E-state index contributed by atoms with van der Waals surface area (Å²) in [4.78, 5) is 40.3. The van der Waals surface area contributed by atoms with Crippen molar-refractivity contribution in [2.75, 3.05) is 32.0 Å². The molecule has 0 aliphatic rings. The van der Waals surface area contributed by atoms with Crippen molar-refractivity contribution < 1.29 is 14.4 Å². The third-order valence-electron chi connectivity index (χ3n) is 4.61. The van der Waals surface area contributed by atoms with Crippen LogP contribution in [-0.2, 0) is 16.1 Å². The average Bonchev–Trinajstić information content (AvgIpc) is 2.76. The summed E-state index contributed by atoms with van der Waals surface area (Å²) in [5.74, 6) is -0.590. The highest BCUT2D eigenvalue weighted by Gasteiger charge is 2.18. The molecule has 2 N–H and O–H groups in total. The van der Waals surface area contributed by atoms with E-state index in [0.29, 0.717) is 35.2 Å². The van der Waals surface area contributed by atoms with Crippen LogP contribution in [0.1, 0.15) is 25.3 Å². The molecule has 32 heavy (non-hydrogen) atoms. The number of hydrogen-bond acceptors (Lipinski definition) is 3. The van der Waals surface area contributed by atoms with Crippen LogP contribution in [0.4, 0.5) is 10.5 Å². The maximum absolute atomic E-state index is 12.6. The Morgan fingerprint density at radius 1 is 1.03 bits per heavy atom. The number of anilines is 1. The molecule has 9 heteroatoms. The summed E-state index contributed by atoms with van der Waals surface area (Å²) >= 11 is 12.0. The maximum Gasteiger partial charge on any atom is 0.317 e. The first-order chi connectivity index (χ1) is 15.3. The molecule has 0 aromatic heterocycles. The fourth-order valence-electron chi connectivity index (χ4n) is 3.02. The van der Waals surface area contributed by atoms with Crippen molar-refractivity contribution in [3.8, 4) is 0 Å². The Morgan fingerprint density at radius 3 is 2.44 bits per heavy atom. The van der Waals surface area contributed by atoms with Gasteiger partial charge in [-0.25, -0.2) is 4.79 Å². The van der Waals surface area contributed by atoms with Crippen LogP contribution in [0, 0.1) is 0 Å². The van der Waals surface area contributed by atoms with Crippen LogP contribution in [0.25, 0.3) is 0 Å². The molecule has 0 radical (unpaired) electrons. The van der Waals surface area contributed by atoms with Gasteiger partial charge < -0.3 is 20.4 Å². The van der Waals surface area contributed by atoms with Gasteiger partial charge in [0.05, 0.1) is 17.3 Å². The molecule has 0 saturated carbocycles. The Morgan fingerprint density at radius 2 is 1.75 bits per heavy atom. The highest BCUT2D eigenvalue weighted by Crippen LogP contribution is 2.25. The number of nitrogens with one attached hydrogen (secondary N) is 2. The summed E-state index contributed by atoms with van der Waals surface area (Å²) in [5.41, 5.74) is 1.41. The van der Waals surface area contributed by atoms with Crippen LogP contribution in [0.5, 0.6) is 0 Å². The van der Waals surface area contributed by atoms with Crippen LogP contribution in [0.3, 0.4) is 0 Å². The summed E-state index contributed by atoms with van der Waals surface area (Å²) in [6, 6.07) is 14.1. The molecule has 4 amide bonds. The number of amides is 4. The second kappa shape index (κ2) is 12.9. The van der Waals surface area contributed by atoms with E-state index >= 15 is 0 Å². The summed E-state index contributed by atoms with van der Waals surface area (Å²) in [6.07, 6.45) is 0.791. The maximum atomic E-state index is 12.6. The fraction of sp³-hybridized carbons (Fsp3) is 0.348. The molecule has 0 atom stereocenters. The monoisotopic (exact) mass is 478 g/mol. The van der Waals surface area contributed by atoms with E-state index in [9.17, 15) is 14.4 Å². The third kappa shape index (κ3) is 8.40. The van der Waals surface area contributed by atoms with E-state index in [0.717, 1.165) is 5.56 Å². The molecular formula is C23H28Cl2N4O3. The summed E-state index contributed by atoms with van der Waals surface area (Å²) in [6.45, 7) is 2.88. The van der Waals surface area contributed by atoms with Crippen molar-refractivity contribution in [1.29, 1.82) is 0 Å². The van der Waals surface area contributed by atoms with Crippen molar-refractivity contribution in [3.05, 3.63) is 64.1 Å². The van der Waals surface area contributed by atoms with Crippen LogP contribution in [0.15, 0.2) is 48.5 Å². The van der Waals surface area contributed by atoms with E-state index in [-0.39, 0.29) is 37.4 Å². The molecule has 0 unspecified atom stereocenters. The lowest BCUT2D eigenvalue weighted by Crippen LogP contribution is -2.42. The van der Waals surface area contributed by atoms with Crippen LogP contribution >= 0.6 is 23.2 Å². The Labute approximate surface area is 198 Å². The first-order valence-electron chi connectivity index (χ1n) is 10.4. The van der Waals surface area contributed by atoms with Gasteiger partial charge >= 0.3 is 6.03 Å². The SMILES string of the molecule is CCCN(CC(=O)Nc1cc(Cl)ccc1Cl)C(=O)CCNC(=O)N(C)Cc1ccccc1. The zero-order chi connectivity index (χ0) is 23.5. The van der Waals surface area contributed by atoms with Gasteiger partial charge in [-0.3, -0.25) is 9.59 Å². The highest BCUT2D eigenvalue weighted by molar-refractivity contribution is 6.35. The number of nitrogens with zero attached hydrogens (tertiary/aromatic N) is 2. The molecule has 0 fully saturated rings. The number of hydrogen-bond donors (Lipinski definition) is 2. The molecule has 2 rings (SSSR count). The van der Waals surface area contributed by atoms with Crippen LogP contribution < -0.4 is 10.6 Å². The minimum Gasteiger partial charge on any atom is -0.337 e. The molecule has 0 heterocycles. The van der Waals surface area contributed by atoms with Crippen molar-refractivity contribution in [2.24, 2.45) is 0 Å². The zero-order valence-electron chi connectivity index (χ0n) is 18.2. The van der Waals surface area contributed by atoms with E-state index < -0.39 is 0 Å². The van der Waals surface area contributed by atoms with Crippen molar-refractivity contribution in [2.45, 2.75) is 26.3 Å². The quantitative estimate of drug-likeness (QED) is 0.530. The van der Waals surface area contributed by atoms with Crippen molar-refractivity contribution in [3.63, 3.8) is 0 Å². The molecule has 0 saturated heterocycles. The molecule has 0 bridgehead atoms. The summed E-state index contributed by atoms with van der Waals surface area (Å²) in [5, 5.41) is 6.23. The van der Waals surface area contributed by atoms with Gasteiger partial charge in [-0.05, 0) is 30.2 Å². The number of benzene rings is 2. The van der Waals surface area contributed by atoms with Gasteiger partial charge in [0, 0.05) is 38.1 Å². The number of rotatable bonds is 10. The predicted octanol–water partition coefficient (Wildman–Crippen LogP) is 4.40. The third-order valence-corrected chi connectivity index (χ3v) is 5.17. The van der Waals surface area contributed by atoms with E-state index in [1.807, 2.05) is 37.3 Å². The summed E-state index contributed by atoms with van der Waals surface area (Å²) < 4.78 is 0. The van der Waals surface area contributed by atoms with Gasteiger partial charge in [0.2, 0.25) is 11.8 Å². The first-order valence-corrected chi connectivity index (χ1v) is 11.1. The zero-order valence-corrected chi connectivity index (χ0v) is 19.7. The molecule has 0 aliphatic heterocycles. The second-order valence-electron chi connectivity index (χ2n) is 7.31. The van der Waals surface area contributed by atoms with Gasteiger partial charge in [0.25, 0.3) is 0 Å². The summed E-state index contributed by atoms with van der Waals surface area (Å²) in [7, 11) is 1.69. The minimum atomic E-state index is -0.373. The highest BCUT2D eigenvalue weighted by atomic mass is 35.5. The van der Waals surface area contributed by atoms with Gasteiger partial charge in [-0.15, -0.1) is 0 Å². The first kappa shape index (κ1) is 25.5. The Balaban J connectivity index is 1.82. The number of halogens is 2. The Bertz CT molecular complexity index is 925. The molecule has 7 nitrogen and oxygen atoms in total. The lowest BCUT2D eigenvalue weighted by atomic mass is 10.2. The predicted molar refractivity (Wildman–Crippen MR) is 128 cm³/mol. The second-order valence-corrected chi connectivity index (χ2v) is 8.15. The van der Waals surface area contributed by atoms with Gasteiger partial charge in [-0.2, -0.15) is 0 Å². The molecule has 2 aromatic carbocycles. The molecular weight excluding hydrogens is 451 g/mol. The Hall–Kier alpha value is -2.77. The fourth-order valence-corrected chi connectivity index (χ4v) is 3.35. The lowest BCUT2D eigenvalue weighted by molar-refractivity contribution is -0.134. The number of carbonyl (C=O) groups is 3. The smallest absolute Gasteiger partial charge is 0.317 e. The molecule has 172 valence electrons. The van der Waals surface area contributed by atoms with Gasteiger partial charge in [0.1, 0.15) is 0 Å². The van der Waals surface area contributed by atoms with Crippen molar-refractivity contribution in [1.82, 2.24) is 15.1 Å². The van der Waals surface area contributed by atoms with E-state index in [4.69, 9.17) is 23.2 Å². The average molecular weight is 479 g/mol.